The molecule has 5 rings (SSSR count). The first-order valence-electron chi connectivity index (χ1n) is 12.6. The maximum absolute atomic E-state index is 13.2. The monoisotopic (exact) mass is 536 g/mol. The van der Waals surface area contributed by atoms with Gasteiger partial charge in [0.1, 0.15) is 4.83 Å². The Morgan fingerprint density at radius 3 is 2.76 bits per heavy atom. The lowest BCUT2D eigenvalue weighted by Crippen LogP contribution is -2.43. The molecule has 38 heavy (non-hydrogen) atoms. The summed E-state index contributed by atoms with van der Waals surface area (Å²) in [7, 11) is 1.79. The number of anilines is 1. The molecule has 0 saturated carbocycles. The third-order valence-electron chi connectivity index (χ3n) is 7.10. The summed E-state index contributed by atoms with van der Waals surface area (Å²) in [5, 5.41) is 24.1. The molecule has 0 bridgehead atoms. The molecule has 0 spiro atoms. The Morgan fingerprint density at radius 2 is 2.03 bits per heavy atom. The van der Waals surface area contributed by atoms with Crippen molar-refractivity contribution in [3.8, 4) is 10.4 Å². The standard InChI is InChI=1S/C26H32N8O3S/c1-16-20(10-17(11-28-16)23(36)27-7-9-33-8-5-6-26(33,2)3)30-24(37)18-12-29-34-14-22(38-25(18)34)19-13-32(4)31-21(19)15-35/h10-14,35H,5-9,15H2,1-4H3,(H,27,36)(H,30,37). The number of carbonyl (C=O) groups is 2. The molecule has 1 aliphatic rings. The van der Waals surface area contributed by atoms with Crippen molar-refractivity contribution >= 4 is 33.7 Å². The van der Waals surface area contributed by atoms with Crippen LogP contribution in [0.3, 0.4) is 0 Å². The van der Waals surface area contributed by atoms with Crippen LogP contribution in [-0.2, 0) is 13.7 Å². The van der Waals surface area contributed by atoms with Crippen LogP contribution in [0.5, 0.6) is 0 Å². The van der Waals surface area contributed by atoms with E-state index in [4.69, 9.17) is 0 Å². The first kappa shape index (κ1) is 26.0. The van der Waals surface area contributed by atoms with E-state index in [1.807, 2.05) is 12.4 Å². The molecule has 11 nitrogen and oxygen atoms in total. The number of fused-ring (bicyclic) bond motifs is 1. The highest BCUT2D eigenvalue weighted by atomic mass is 32.1. The quantitative estimate of drug-likeness (QED) is 0.316. The normalized spacial score (nSPS) is 15.3. The van der Waals surface area contributed by atoms with E-state index in [2.05, 4.69) is 44.6 Å². The van der Waals surface area contributed by atoms with Crippen LogP contribution in [0.15, 0.2) is 30.9 Å². The molecule has 4 aromatic rings. The van der Waals surface area contributed by atoms with Gasteiger partial charge in [0, 0.05) is 49.8 Å². The minimum Gasteiger partial charge on any atom is -0.390 e. The van der Waals surface area contributed by atoms with Crippen molar-refractivity contribution in [2.45, 2.75) is 45.8 Å². The van der Waals surface area contributed by atoms with Crippen LogP contribution in [0, 0.1) is 6.92 Å². The molecule has 0 unspecified atom stereocenters. The molecule has 1 fully saturated rings. The first-order valence-corrected chi connectivity index (χ1v) is 13.4. The fraction of sp³-hybridized carbons (Fsp3) is 0.423. The predicted molar refractivity (Wildman–Crippen MR) is 145 cm³/mol. The maximum atomic E-state index is 13.2. The highest BCUT2D eigenvalue weighted by Crippen LogP contribution is 2.33. The van der Waals surface area contributed by atoms with Gasteiger partial charge in [-0.1, -0.05) is 0 Å². The Morgan fingerprint density at radius 1 is 1.21 bits per heavy atom. The summed E-state index contributed by atoms with van der Waals surface area (Å²) in [5.74, 6) is -0.572. The summed E-state index contributed by atoms with van der Waals surface area (Å²) in [4.78, 5) is 34.3. The van der Waals surface area contributed by atoms with E-state index in [1.54, 1.807) is 29.2 Å². The number of amides is 2. The van der Waals surface area contributed by atoms with Gasteiger partial charge in [0.15, 0.2) is 0 Å². The maximum Gasteiger partial charge on any atom is 0.260 e. The average Bonchev–Trinajstić information content (AvgIpc) is 3.63. The first-order chi connectivity index (χ1) is 18.2. The molecule has 3 N–H and O–H groups in total. The van der Waals surface area contributed by atoms with Gasteiger partial charge in [-0.05, 0) is 46.2 Å². The minimum atomic E-state index is -0.347. The Hall–Kier alpha value is -3.61. The van der Waals surface area contributed by atoms with Crippen molar-refractivity contribution in [2.75, 3.05) is 25.0 Å². The van der Waals surface area contributed by atoms with Gasteiger partial charge in [0.2, 0.25) is 0 Å². The summed E-state index contributed by atoms with van der Waals surface area (Å²) >= 11 is 1.39. The second-order valence-electron chi connectivity index (χ2n) is 10.2. The average molecular weight is 537 g/mol. The van der Waals surface area contributed by atoms with E-state index in [0.29, 0.717) is 39.6 Å². The number of rotatable bonds is 8. The fourth-order valence-corrected chi connectivity index (χ4v) is 5.97. The molecular weight excluding hydrogens is 504 g/mol. The number of aromatic nitrogens is 5. The summed E-state index contributed by atoms with van der Waals surface area (Å²) in [6.45, 7) is 8.44. The Kier molecular flexibility index (Phi) is 7.03. The zero-order valence-corrected chi connectivity index (χ0v) is 22.8. The van der Waals surface area contributed by atoms with Gasteiger partial charge in [-0.25, -0.2) is 4.52 Å². The third kappa shape index (κ3) is 5.06. The van der Waals surface area contributed by atoms with Crippen molar-refractivity contribution in [2.24, 2.45) is 7.05 Å². The van der Waals surface area contributed by atoms with Crippen molar-refractivity contribution in [3.05, 3.63) is 53.4 Å². The lowest BCUT2D eigenvalue weighted by atomic mass is 10.0. The van der Waals surface area contributed by atoms with Crippen LogP contribution in [-0.4, -0.2) is 71.4 Å². The number of thiazole rings is 1. The Bertz CT molecular complexity index is 1500. The van der Waals surface area contributed by atoms with Gasteiger partial charge in [-0.15, -0.1) is 11.3 Å². The van der Waals surface area contributed by atoms with E-state index in [-0.39, 0.29) is 24.0 Å². The van der Waals surface area contributed by atoms with Crippen LogP contribution in [0.2, 0.25) is 0 Å². The van der Waals surface area contributed by atoms with Gasteiger partial charge < -0.3 is 15.7 Å². The number of likely N-dealkylation sites (tertiary alicyclic amines) is 1. The zero-order chi connectivity index (χ0) is 27.0. The van der Waals surface area contributed by atoms with Crippen LogP contribution in [0.4, 0.5) is 5.69 Å². The lowest BCUT2D eigenvalue weighted by Gasteiger charge is -2.31. The van der Waals surface area contributed by atoms with Crippen LogP contribution >= 0.6 is 11.3 Å². The number of hydrogen-bond donors (Lipinski definition) is 3. The summed E-state index contributed by atoms with van der Waals surface area (Å²) in [6, 6.07) is 1.65. The molecule has 0 aliphatic carbocycles. The highest BCUT2D eigenvalue weighted by Gasteiger charge is 2.31. The predicted octanol–water partition coefficient (Wildman–Crippen LogP) is 2.85. The number of nitrogens with one attached hydrogen (secondary N) is 2. The van der Waals surface area contributed by atoms with Crippen LogP contribution in [0.1, 0.15) is 58.8 Å². The summed E-state index contributed by atoms with van der Waals surface area (Å²) in [5.41, 5.74) is 3.38. The number of aliphatic hydroxyl groups is 1. The van der Waals surface area contributed by atoms with Crippen molar-refractivity contribution in [1.82, 2.24) is 34.6 Å². The number of aryl methyl sites for hydroxylation is 2. The third-order valence-corrected chi connectivity index (χ3v) is 8.24. The Balaban J connectivity index is 1.29. The van der Waals surface area contributed by atoms with E-state index in [1.165, 1.54) is 30.2 Å². The van der Waals surface area contributed by atoms with E-state index in [0.717, 1.165) is 30.0 Å². The van der Waals surface area contributed by atoms with Gasteiger partial charge in [-0.3, -0.25) is 24.2 Å². The molecule has 1 saturated heterocycles. The Labute approximate surface area is 224 Å². The molecule has 5 heterocycles. The molecule has 4 aromatic heterocycles. The fourth-order valence-electron chi connectivity index (χ4n) is 4.88. The number of carbonyl (C=O) groups excluding carboxylic acids is 2. The molecule has 0 atom stereocenters. The van der Waals surface area contributed by atoms with E-state index >= 15 is 0 Å². The molecule has 1 aliphatic heterocycles. The smallest absolute Gasteiger partial charge is 0.260 e. The zero-order valence-electron chi connectivity index (χ0n) is 22.0. The number of pyridine rings is 1. The van der Waals surface area contributed by atoms with Crippen LogP contribution < -0.4 is 10.6 Å². The molecule has 0 aromatic carbocycles. The summed E-state index contributed by atoms with van der Waals surface area (Å²) in [6.07, 6.45) is 9.02. The second-order valence-corrected chi connectivity index (χ2v) is 11.2. The van der Waals surface area contributed by atoms with Crippen molar-refractivity contribution in [3.63, 3.8) is 0 Å². The molecule has 2 amide bonds. The lowest BCUT2D eigenvalue weighted by molar-refractivity contribution is 0.0938. The molecule has 12 heteroatoms. The number of nitrogens with zero attached hydrogens (tertiary/aromatic N) is 6. The van der Waals surface area contributed by atoms with Crippen LogP contribution in [0.25, 0.3) is 15.3 Å². The molecular formula is C26H32N8O3S. The number of aliphatic hydroxyl groups excluding tert-OH is 1. The van der Waals surface area contributed by atoms with E-state index < -0.39 is 0 Å². The summed E-state index contributed by atoms with van der Waals surface area (Å²) < 4.78 is 3.28. The van der Waals surface area contributed by atoms with Crippen molar-refractivity contribution in [1.29, 1.82) is 0 Å². The van der Waals surface area contributed by atoms with Gasteiger partial charge in [0.05, 0.1) is 45.9 Å². The van der Waals surface area contributed by atoms with E-state index in [9.17, 15) is 14.7 Å². The highest BCUT2D eigenvalue weighted by molar-refractivity contribution is 7.21. The van der Waals surface area contributed by atoms with Gasteiger partial charge in [-0.2, -0.15) is 10.2 Å². The largest absolute Gasteiger partial charge is 0.390 e. The molecule has 0 radical (unpaired) electrons. The SMILES string of the molecule is Cc1ncc(C(=O)NCCN2CCCC2(C)C)cc1NC(=O)c1cnn2cc(-c3cn(C)nc3CO)sc12. The number of hydrogen-bond acceptors (Lipinski definition) is 8. The second kappa shape index (κ2) is 10.3. The van der Waals surface area contributed by atoms with Crippen molar-refractivity contribution < 1.29 is 14.7 Å². The molecule has 200 valence electrons. The van der Waals surface area contributed by atoms with Gasteiger partial charge >= 0.3 is 0 Å². The van der Waals surface area contributed by atoms with Gasteiger partial charge in [0.25, 0.3) is 11.8 Å². The minimum absolute atomic E-state index is 0.162. The topological polar surface area (TPSA) is 130 Å².